The van der Waals surface area contributed by atoms with Gasteiger partial charge in [0.15, 0.2) is 11.6 Å². The fourth-order valence-electron chi connectivity index (χ4n) is 10.3. The lowest BCUT2D eigenvalue weighted by Gasteiger charge is -2.64. The normalized spacial score (nSPS) is 58.1. The van der Waals surface area contributed by atoms with E-state index in [0.717, 1.165) is 38.7 Å². The summed E-state index contributed by atoms with van der Waals surface area (Å²) < 4.78 is 18.8. The molecule has 6 aliphatic rings. The van der Waals surface area contributed by atoms with Gasteiger partial charge in [-0.05, 0) is 73.5 Å². The molecule has 1 spiro atoms. The Hall–Kier alpha value is -0.500. The lowest BCUT2D eigenvalue weighted by Crippen LogP contribution is -2.70. The summed E-state index contributed by atoms with van der Waals surface area (Å²) in [4.78, 5) is 25.2. The maximum absolute atomic E-state index is 14.0. The van der Waals surface area contributed by atoms with E-state index in [-0.39, 0.29) is 41.5 Å². The van der Waals surface area contributed by atoms with Crippen molar-refractivity contribution >= 4 is 27.7 Å². The van der Waals surface area contributed by atoms with Crippen LogP contribution in [-0.4, -0.2) is 51.9 Å². The average Bonchev–Trinajstić information content (AvgIpc) is 3.26. The van der Waals surface area contributed by atoms with Crippen molar-refractivity contribution in [1.82, 2.24) is 0 Å². The third kappa shape index (κ3) is 3.24. The van der Waals surface area contributed by atoms with Crippen molar-refractivity contribution in [2.45, 2.75) is 114 Å². The number of ketones is 1. The van der Waals surface area contributed by atoms with Gasteiger partial charge in [-0.25, -0.2) is 0 Å². The van der Waals surface area contributed by atoms with Crippen LogP contribution in [0.1, 0.15) is 86.0 Å². The first-order valence-electron chi connectivity index (χ1n) is 14.3. The fraction of sp³-hybridized carbons (Fsp3) is 0.931. The smallest absolute Gasteiger partial charge is 0.302 e. The van der Waals surface area contributed by atoms with Gasteiger partial charge >= 0.3 is 5.97 Å². The number of ether oxygens (including phenoxy) is 3. The summed E-state index contributed by atoms with van der Waals surface area (Å²) in [5.74, 6) is 1.24. The van der Waals surface area contributed by atoms with E-state index in [9.17, 15) is 14.7 Å². The molecule has 0 aromatic carbocycles. The number of rotatable bonds is 1. The van der Waals surface area contributed by atoms with Crippen LogP contribution in [0.3, 0.4) is 0 Å². The summed E-state index contributed by atoms with van der Waals surface area (Å²) in [5.41, 5.74) is -1.89. The predicted octanol–water partition coefficient (Wildman–Crippen LogP) is 5.03. The highest BCUT2D eigenvalue weighted by atomic mass is 79.9. The van der Waals surface area contributed by atoms with Gasteiger partial charge in [-0.1, -0.05) is 43.6 Å². The zero-order chi connectivity index (χ0) is 25.8. The van der Waals surface area contributed by atoms with Gasteiger partial charge in [0.05, 0.1) is 17.5 Å². The molecule has 0 amide bonds. The Balaban J connectivity index is 1.30. The molecule has 1 N–H and O–H groups in total. The molecule has 6 rings (SSSR count). The van der Waals surface area contributed by atoms with E-state index >= 15 is 0 Å². The molecule has 7 heteroatoms. The topological polar surface area (TPSA) is 82.1 Å². The molecule has 2 aliphatic heterocycles. The van der Waals surface area contributed by atoms with Crippen LogP contribution in [0.5, 0.6) is 0 Å². The Labute approximate surface area is 223 Å². The molecule has 0 bridgehead atoms. The number of carbonyl (C=O) groups is 2. The van der Waals surface area contributed by atoms with Crippen molar-refractivity contribution in [2.24, 2.45) is 46.3 Å². The van der Waals surface area contributed by atoms with Crippen LogP contribution in [-0.2, 0) is 23.8 Å². The minimum atomic E-state index is -1.47. The van der Waals surface area contributed by atoms with Gasteiger partial charge in [0, 0.05) is 31.1 Å². The first-order valence-corrected chi connectivity index (χ1v) is 15.2. The van der Waals surface area contributed by atoms with E-state index in [2.05, 4.69) is 43.6 Å². The maximum Gasteiger partial charge on any atom is 0.302 e. The third-order valence-electron chi connectivity index (χ3n) is 12.2. The number of fused-ring (bicyclic) bond motifs is 7. The maximum atomic E-state index is 14.0. The summed E-state index contributed by atoms with van der Waals surface area (Å²) in [6, 6.07) is 0. The summed E-state index contributed by atoms with van der Waals surface area (Å²) >= 11 is 3.84. The van der Waals surface area contributed by atoms with Crippen LogP contribution < -0.4 is 0 Å². The van der Waals surface area contributed by atoms with Crippen LogP contribution in [0.4, 0.5) is 0 Å². The van der Waals surface area contributed by atoms with Crippen molar-refractivity contribution in [3.8, 4) is 0 Å². The number of carbonyl (C=O) groups excluding carboxylic acids is 2. The Kier molecular flexibility index (Phi) is 5.90. The highest BCUT2D eigenvalue weighted by Gasteiger charge is 2.74. The number of hydrogen-bond donors (Lipinski definition) is 1. The summed E-state index contributed by atoms with van der Waals surface area (Å²) in [7, 11) is 0. The number of Topliss-reactive ketones (excluding diaryl/α,β-unsaturated/α-hetero) is 1. The number of aliphatic hydroxyl groups is 1. The summed E-state index contributed by atoms with van der Waals surface area (Å²) in [5, 5.41) is 12.0. The van der Waals surface area contributed by atoms with Gasteiger partial charge in [-0.15, -0.1) is 0 Å². The molecular formula is C29H43BrO6. The molecule has 4 aliphatic carbocycles. The molecule has 13 unspecified atom stereocenters. The fourth-order valence-corrected chi connectivity index (χ4v) is 11.4. The Morgan fingerprint density at radius 1 is 1.11 bits per heavy atom. The molecule has 13 atom stereocenters. The first-order chi connectivity index (χ1) is 16.9. The van der Waals surface area contributed by atoms with Gasteiger partial charge < -0.3 is 19.3 Å². The molecule has 0 radical (unpaired) electrons. The van der Waals surface area contributed by atoms with Crippen molar-refractivity contribution in [2.75, 3.05) is 6.61 Å². The van der Waals surface area contributed by atoms with Crippen molar-refractivity contribution in [1.29, 1.82) is 0 Å². The van der Waals surface area contributed by atoms with Crippen LogP contribution in [0, 0.1) is 46.3 Å². The highest BCUT2D eigenvalue weighted by molar-refractivity contribution is 9.10. The van der Waals surface area contributed by atoms with Crippen LogP contribution in [0.15, 0.2) is 0 Å². The van der Waals surface area contributed by atoms with E-state index < -0.39 is 27.7 Å². The quantitative estimate of drug-likeness (QED) is 0.354. The van der Waals surface area contributed by atoms with Crippen LogP contribution >= 0.6 is 15.9 Å². The molecule has 0 aromatic heterocycles. The summed E-state index contributed by atoms with van der Waals surface area (Å²) in [6.45, 7) is 11.4. The van der Waals surface area contributed by atoms with Gasteiger partial charge in [-0.2, -0.15) is 0 Å². The number of halogens is 1. The minimum Gasteiger partial charge on any atom is -0.462 e. The van der Waals surface area contributed by atoms with Gasteiger partial charge in [0.2, 0.25) is 0 Å². The zero-order valence-corrected chi connectivity index (χ0v) is 24.0. The monoisotopic (exact) mass is 566 g/mol. The Morgan fingerprint density at radius 3 is 2.53 bits per heavy atom. The lowest BCUT2D eigenvalue weighted by atomic mass is 9.42. The summed E-state index contributed by atoms with van der Waals surface area (Å²) in [6.07, 6.45) is 6.57. The van der Waals surface area contributed by atoms with Crippen molar-refractivity contribution in [3.05, 3.63) is 0 Å². The standard InChI is InChI=1S/C29H43BrO6/c1-15-6-11-29(34-14-15)16(2)23-21(36-29)12-20-22-19(8-9-26(20,23)4)27(5)10-7-18(35-17(3)31)13-28(27,33)25(32)24(22)30/h15-16,18-24,33H,6-14H2,1-5H3. The molecule has 202 valence electrons. The zero-order valence-electron chi connectivity index (χ0n) is 22.4. The second-order valence-corrected chi connectivity index (χ2v) is 14.8. The Morgan fingerprint density at radius 2 is 1.86 bits per heavy atom. The second kappa shape index (κ2) is 8.25. The lowest BCUT2D eigenvalue weighted by molar-refractivity contribution is -0.273. The van der Waals surface area contributed by atoms with E-state index in [4.69, 9.17) is 14.2 Å². The van der Waals surface area contributed by atoms with Gasteiger partial charge in [0.1, 0.15) is 11.7 Å². The predicted molar refractivity (Wildman–Crippen MR) is 137 cm³/mol. The van der Waals surface area contributed by atoms with Gasteiger partial charge in [-0.3, -0.25) is 9.59 Å². The third-order valence-corrected chi connectivity index (χ3v) is 13.2. The van der Waals surface area contributed by atoms with Crippen molar-refractivity contribution in [3.63, 3.8) is 0 Å². The molecule has 6 fully saturated rings. The van der Waals surface area contributed by atoms with E-state index in [1.165, 1.54) is 6.92 Å². The van der Waals surface area contributed by atoms with E-state index in [0.29, 0.717) is 36.5 Å². The molecule has 36 heavy (non-hydrogen) atoms. The number of esters is 1. The van der Waals surface area contributed by atoms with E-state index in [1.807, 2.05) is 0 Å². The Bertz CT molecular complexity index is 946. The van der Waals surface area contributed by atoms with Gasteiger partial charge in [0.25, 0.3) is 0 Å². The van der Waals surface area contributed by atoms with Crippen LogP contribution in [0.25, 0.3) is 0 Å². The molecule has 2 saturated heterocycles. The minimum absolute atomic E-state index is 0.0915. The second-order valence-electron chi connectivity index (χ2n) is 13.8. The molecule has 2 heterocycles. The molecule has 6 nitrogen and oxygen atoms in total. The molecule has 4 saturated carbocycles. The number of hydrogen-bond acceptors (Lipinski definition) is 6. The highest BCUT2D eigenvalue weighted by Crippen LogP contribution is 2.72. The van der Waals surface area contributed by atoms with Crippen molar-refractivity contribution < 1.29 is 28.9 Å². The largest absolute Gasteiger partial charge is 0.462 e. The number of alkyl halides is 1. The van der Waals surface area contributed by atoms with Crippen LogP contribution in [0.2, 0.25) is 0 Å². The molecular weight excluding hydrogens is 524 g/mol. The average molecular weight is 568 g/mol. The first kappa shape index (κ1) is 25.8. The molecule has 0 aromatic rings. The SMILES string of the molecule is CC(=O)OC1CCC2(C)C3CCC4(C)C(CC5OC6(CCC(C)CO6)C(C)C54)C3C(Br)C(=O)C2(O)C1. The van der Waals surface area contributed by atoms with E-state index in [1.54, 1.807) is 0 Å².